The third-order valence-corrected chi connectivity index (χ3v) is 2.75. The molecule has 2 nitrogen and oxygen atoms in total. The number of hydrogen-bond donors (Lipinski definition) is 1. The predicted octanol–water partition coefficient (Wildman–Crippen LogP) is 3.73. The van der Waals surface area contributed by atoms with Crippen LogP contribution in [-0.4, -0.2) is 24.7 Å². The molecule has 0 bridgehead atoms. The van der Waals surface area contributed by atoms with E-state index in [4.69, 9.17) is 4.42 Å². The summed E-state index contributed by atoms with van der Waals surface area (Å²) in [6.45, 7) is -1.37. The molecular weight excluding hydrogens is 296 g/mol. The maximum Gasteiger partial charge on any atom is 0.319 e. The van der Waals surface area contributed by atoms with Crippen LogP contribution in [0.25, 0.3) is 0 Å². The Kier molecular flexibility index (Phi) is 6.05. The number of alkyl halides is 6. The number of rotatable bonds is 8. The second-order valence-electron chi connectivity index (χ2n) is 3.60. The first kappa shape index (κ1) is 16.2. The van der Waals surface area contributed by atoms with Gasteiger partial charge in [0.05, 0.1) is 18.8 Å². The molecule has 0 aliphatic rings. The summed E-state index contributed by atoms with van der Waals surface area (Å²) in [6.07, 6.45) is -3.74. The van der Waals surface area contributed by atoms with Crippen LogP contribution in [0, 0.1) is 0 Å². The van der Waals surface area contributed by atoms with Crippen molar-refractivity contribution in [2.24, 2.45) is 0 Å². The normalized spacial score (nSPS) is 12.6. The Morgan fingerprint density at radius 3 is 2.37 bits per heavy atom. The zero-order chi connectivity index (χ0) is 14.5. The summed E-state index contributed by atoms with van der Waals surface area (Å²) in [5.74, 6) is -6.21. The van der Waals surface area contributed by atoms with Gasteiger partial charge in [0, 0.05) is 0 Å². The summed E-state index contributed by atoms with van der Waals surface area (Å²) in [5.41, 5.74) is 0. The lowest BCUT2D eigenvalue weighted by Crippen LogP contribution is -2.38. The molecule has 0 atom stereocenters. The zero-order valence-electron chi connectivity index (χ0n) is 9.52. The van der Waals surface area contributed by atoms with E-state index in [1.165, 1.54) is 12.1 Å². The van der Waals surface area contributed by atoms with Gasteiger partial charge in [-0.1, -0.05) is 11.8 Å². The van der Waals surface area contributed by atoms with Crippen LogP contribution in [-0.2, 0) is 12.3 Å². The Balaban J connectivity index is 2.34. The van der Waals surface area contributed by atoms with Crippen LogP contribution in [0.5, 0.6) is 0 Å². The SMILES string of the molecule is FC(F)SCc1ccc(CNCC(F)(F)C(F)F)o1. The van der Waals surface area contributed by atoms with Crippen molar-refractivity contribution >= 4 is 11.8 Å². The van der Waals surface area contributed by atoms with Crippen molar-refractivity contribution in [1.82, 2.24) is 5.32 Å². The largest absolute Gasteiger partial charge is 0.464 e. The molecule has 110 valence electrons. The van der Waals surface area contributed by atoms with E-state index >= 15 is 0 Å². The van der Waals surface area contributed by atoms with Gasteiger partial charge in [0.15, 0.2) is 0 Å². The second kappa shape index (κ2) is 7.09. The highest BCUT2D eigenvalue weighted by atomic mass is 32.2. The van der Waals surface area contributed by atoms with Gasteiger partial charge in [-0.15, -0.1) is 0 Å². The van der Waals surface area contributed by atoms with E-state index in [-0.39, 0.29) is 23.8 Å². The van der Waals surface area contributed by atoms with Crippen LogP contribution in [0.3, 0.4) is 0 Å². The second-order valence-corrected chi connectivity index (χ2v) is 4.58. The summed E-state index contributed by atoms with van der Waals surface area (Å²) in [4.78, 5) is 0. The van der Waals surface area contributed by atoms with E-state index in [0.29, 0.717) is 11.8 Å². The van der Waals surface area contributed by atoms with Crippen molar-refractivity contribution in [2.75, 3.05) is 6.54 Å². The monoisotopic (exact) mass is 307 g/mol. The summed E-state index contributed by atoms with van der Waals surface area (Å²) < 4.78 is 77.6. The first-order valence-corrected chi connectivity index (χ1v) is 6.20. The topological polar surface area (TPSA) is 25.2 Å². The molecule has 0 fully saturated rings. The molecule has 1 aromatic rings. The van der Waals surface area contributed by atoms with Gasteiger partial charge in [0.2, 0.25) is 0 Å². The molecule has 0 unspecified atom stereocenters. The van der Waals surface area contributed by atoms with E-state index in [1.54, 1.807) is 0 Å². The van der Waals surface area contributed by atoms with Gasteiger partial charge < -0.3 is 9.73 Å². The molecule has 1 aromatic heterocycles. The van der Waals surface area contributed by atoms with Crippen molar-refractivity contribution in [3.05, 3.63) is 23.7 Å². The number of nitrogens with one attached hydrogen (secondary N) is 1. The van der Waals surface area contributed by atoms with Crippen molar-refractivity contribution in [2.45, 2.75) is 30.4 Å². The molecule has 1 heterocycles. The molecule has 1 rings (SSSR count). The third-order valence-electron chi connectivity index (χ3n) is 2.05. The highest BCUT2D eigenvalue weighted by molar-refractivity contribution is 7.98. The van der Waals surface area contributed by atoms with Crippen LogP contribution >= 0.6 is 11.8 Å². The minimum absolute atomic E-state index is 0.0507. The molecule has 0 saturated heterocycles. The van der Waals surface area contributed by atoms with E-state index in [0.717, 1.165) is 0 Å². The van der Waals surface area contributed by atoms with Crippen molar-refractivity contribution in [3.8, 4) is 0 Å². The Morgan fingerprint density at radius 2 is 1.79 bits per heavy atom. The molecule has 19 heavy (non-hydrogen) atoms. The van der Waals surface area contributed by atoms with Crippen LogP contribution in [0.2, 0.25) is 0 Å². The molecule has 9 heteroatoms. The lowest BCUT2D eigenvalue weighted by atomic mass is 10.3. The minimum atomic E-state index is -4.11. The fraction of sp³-hybridized carbons (Fsp3) is 0.600. The maximum atomic E-state index is 12.5. The van der Waals surface area contributed by atoms with E-state index in [2.05, 4.69) is 5.32 Å². The Morgan fingerprint density at radius 1 is 1.16 bits per heavy atom. The number of halogens is 6. The molecule has 0 amide bonds. The average Bonchev–Trinajstić information content (AvgIpc) is 2.74. The van der Waals surface area contributed by atoms with Gasteiger partial charge in [0.1, 0.15) is 11.5 Å². The lowest BCUT2D eigenvalue weighted by Gasteiger charge is -2.15. The number of hydrogen-bond acceptors (Lipinski definition) is 3. The van der Waals surface area contributed by atoms with Crippen LogP contribution in [0.4, 0.5) is 26.3 Å². The molecule has 0 spiro atoms. The van der Waals surface area contributed by atoms with Gasteiger partial charge in [-0.05, 0) is 12.1 Å². The van der Waals surface area contributed by atoms with Crippen LogP contribution < -0.4 is 5.32 Å². The Labute approximate surface area is 109 Å². The molecule has 0 aromatic carbocycles. The third kappa shape index (κ3) is 5.77. The molecule has 1 N–H and O–H groups in total. The number of thioether (sulfide) groups is 1. The standard InChI is InChI=1S/C10H11F6NOS/c11-8(12)10(15,16)5-17-3-6-1-2-7(18-6)4-19-9(13)14/h1-2,8-9,17H,3-5H2. The van der Waals surface area contributed by atoms with Gasteiger partial charge >= 0.3 is 12.3 Å². The fourth-order valence-corrected chi connectivity index (χ4v) is 1.61. The van der Waals surface area contributed by atoms with Gasteiger partial charge in [-0.25, -0.2) is 8.78 Å². The smallest absolute Gasteiger partial charge is 0.319 e. The van der Waals surface area contributed by atoms with E-state index < -0.39 is 24.7 Å². The summed E-state index contributed by atoms with van der Waals surface area (Å²) in [5, 5.41) is 2.12. The zero-order valence-corrected chi connectivity index (χ0v) is 10.3. The first-order valence-electron chi connectivity index (χ1n) is 5.15. The molecule has 0 radical (unpaired) electrons. The van der Waals surface area contributed by atoms with E-state index in [9.17, 15) is 26.3 Å². The highest BCUT2D eigenvalue weighted by Gasteiger charge is 2.40. The molecule has 0 aliphatic carbocycles. The first-order chi connectivity index (χ1) is 8.81. The van der Waals surface area contributed by atoms with Gasteiger partial charge in [0.25, 0.3) is 5.76 Å². The van der Waals surface area contributed by atoms with Crippen LogP contribution in [0.15, 0.2) is 16.5 Å². The fourth-order valence-electron chi connectivity index (χ4n) is 1.17. The van der Waals surface area contributed by atoms with E-state index in [1.807, 2.05) is 0 Å². The average molecular weight is 307 g/mol. The Hall–Kier alpha value is -0.830. The van der Waals surface area contributed by atoms with Crippen molar-refractivity contribution in [3.63, 3.8) is 0 Å². The highest BCUT2D eigenvalue weighted by Crippen LogP contribution is 2.23. The minimum Gasteiger partial charge on any atom is -0.464 e. The Bertz CT molecular complexity index is 384. The molecular formula is C10H11F6NOS. The van der Waals surface area contributed by atoms with Gasteiger partial charge in [-0.2, -0.15) is 17.6 Å². The quantitative estimate of drug-likeness (QED) is 0.741. The number of furan rings is 1. The van der Waals surface area contributed by atoms with Crippen molar-refractivity contribution in [1.29, 1.82) is 0 Å². The summed E-state index contributed by atoms with van der Waals surface area (Å²) in [7, 11) is 0. The summed E-state index contributed by atoms with van der Waals surface area (Å²) in [6, 6.07) is 2.84. The molecule has 0 saturated carbocycles. The molecule has 0 aliphatic heterocycles. The van der Waals surface area contributed by atoms with Gasteiger partial charge in [-0.3, -0.25) is 0 Å². The van der Waals surface area contributed by atoms with Crippen molar-refractivity contribution < 1.29 is 30.8 Å². The lowest BCUT2D eigenvalue weighted by molar-refractivity contribution is -0.125. The summed E-state index contributed by atoms with van der Waals surface area (Å²) >= 11 is 0.363. The van der Waals surface area contributed by atoms with Crippen LogP contribution in [0.1, 0.15) is 11.5 Å². The maximum absolute atomic E-state index is 12.5. The predicted molar refractivity (Wildman–Crippen MR) is 58.7 cm³/mol.